The molecule has 0 saturated heterocycles. The van der Waals surface area contributed by atoms with Crippen LogP contribution in [-0.4, -0.2) is 15.9 Å². The van der Waals surface area contributed by atoms with Gasteiger partial charge in [-0.05, 0) is 32.0 Å². The van der Waals surface area contributed by atoms with Gasteiger partial charge in [-0.3, -0.25) is 4.79 Å². The average molecular weight is 330 g/mol. The number of aromatic nitrogens is 2. The van der Waals surface area contributed by atoms with E-state index in [-0.39, 0.29) is 16.3 Å². The zero-order valence-corrected chi connectivity index (χ0v) is 12.4. The second-order valence-electron chi connectivity index (χ2n) is 4.56. The minimum Gasteiger partial charge on any atom is -0.321 e. The Balaban J connectivity index is 2.32. The van der Waals surface area contributed by atoms with E-state index in [1.54, 1.807) is 13.8 Å². The molecule has 116 valence electrons. The van der Waals surface area contributed by atoms with Crippen molar-refractivity contribution in [3.63, 3.8) is 0 Å². The summed E-state index contributed by atoms with van der Waals surface area (Å²) in [5, 5.41) is 2.35. The largest absolute Gasteiger partial charge is 0.416 e. The molecule has 0 aliphatic rings. The number of nitrogens with one attached hydrogen (secondary N) is 1. The maximum Gasteiger partial charge on any atom is 0.416 e. The molecule has 0 radical (unpaired) electrons. The normalized spacial score (nSPS) is 11.4. The lowest BCUT2D eigenvalue weighted by Gasteiger charge is -2.12. The molecule has 0 bridgehead atoms. The van der Waals surface area contributed by atoms with Gasteiger partial charge in [-0.1, -0.05) is 11.6 Å². The van der Waals surface area contributed by atoms with Crippen LogP contribution in [0.5, 0.6) is 0 Å². The van der Waals surface area contributed by atoms with Crippen LogP contribution in [0.15, 0.2) is 24.4 Å². The van der Waals surface area contributed by atoms with Gasteiger partial charge in [0.2, 0.25) is 0 Å². The van der Waals surface area contributed by atoms with Crippen molar-refractivity contribution in [2.24, 2.45) is 0 Å². The van der Waals surface area contributed by atoms with E-state index in [4.69, 9.17) is 11.6 Å². The van der Waals surface area contributed by atoms with E-state index in [9.17, 15) is 18.0 Å². The first-order valence-corrected chi connectivity index (χ1v) is 6.54. The second-order valence-corrected chi connectivity index (χ2v) is 4.97. The molecule has 0 atom stereocenters. The molecule has 1 aromatic heterocycles. The summed E-state index contributed by atoms with van der Waals surface area (Å²) < 4.78 is 38.1. The average Bonchev–Trinajstić information content (AvgIpc) is 2.39. The second kappa shape index (κ2) is 5.92. The number of aryl methyl sites for hydroxylation is 2. The Morgan fingerprint density at radius 1 is 1.27 bits per heavy atom. The summed E-state index contributed by atoms with van der Waals surface area (Å²) in [5.74, 6) is -0.134. The number of hydrogen-bond acceptors (Lipinski definition) is 3. The van der Waals surface area contributed by atoms with Crippen LogP contribution in [0.2, 0.25) is 5.02 Å². The maximum atomic E-state index is 12.7. The minimum absolute atomic E-state index is 0.00651. The quantitative estimate of drug-likeness (QED) is 0.905. The smallest absolute Gasteiger partial charge is 0.321 e. The predicted octanol–water partition coefficient (Wildman–Crippen LogP) is 4.02. The number of carbonyl (C=O) groups is 1. The fourth-order valence-electron chi connectivity index (χ4n) is 1.79. The van der Waals surface area contributed by atoms with Gasteiger partial charge in [0.1, 0.15) is 5.82 Å². The Labute approximate surface area is 129 Å². The van der Waals surface area contributed by atoms with E-state index < -0.39 is 17.6 Å². The van der Waals surface area contributed by atoms with Gasteiger partial charge in [-0.25, -0.2) is 9.97 Å². The summed E-state index contributed by atoms with van der Waals surface area (Å²) in [6.45, 7) is 3.27. The van der Waals surface area contributed by atoms with E-state index in [1.165, 1.54) is 6.20 Å². The fourth-order valence-corrected chi connectivity index (χ4v) is 1.96. The highest BCUT2D eigenvalue weighted by Crippen LogP contribution is 2.34. The first kappa shape index (κ1) is 16.2. The molecule has 8 heteroatoms. The molecule has 2 aromatic rings. The van der Waals surface area contributed by atoms with Gasteiger partial charge in [-0.2, -0.15) is 13.2 Å². The third-order valence-corrected chi connectivity index (χ3v) is 3.22. The number of hydrogen-bond donors (Lipinski definition) is 1. The van der Waals surface area contributed by atoms with E-state index in [1.807, 2.05) is 0 Å². The number of alkyl halides is 3. The third kappa shape index (κ3) is 3.54. The third-order valence-electron chi connectivity index (χ3n) is 2.89. The van der Waals surface area contributed by atoms with Crippen LogP contribution in [-0.2, 0) is 6.18 Å². The number of benzene rings is 1. The van der Waals surface area contributed by atoms with Gasteiger partial charge < -0.3 is 5.32 Å². The lowest BCUT2D eigenvalue weighted by molar-refractivity contribution is -0.137. The molecule has 0 fully saturated rings. The topological polar surface area (TPSA) is 54.9 Å². The van der Waals surface area contributed by atoms with Crippen molar-refractivity contribution in [3.05, 3.63) is 52.1 Å². The number of rotatable bonds is 2. The van der Waals surface area contributed by atoms with Crippen molar-refractivity contribution in [1.29, 1.82) is 0 Å². The summed E-state index contributed by atoms with van der Waals surface area (Å²) >= 11 is 5.83. The fraction of sp³-hybridized carbons (Fsp3) is 0.214. The van der Waals surface area contributed by atoms with Crippen molar-refractivity contribution in [2.75, 3.05) is 5.32 Å². The van der Waals surface area contributed by atoms with E-state index in [0.29, 0.717) is 11.5 Å². The molecule has 22 heavy (non-hydrogen) atoms. The molecule has 0 unspecified atom stereocenters. The number of halogens is 4. The van der Waals surface area contributed by atoms with Gasteiger partial charge in [-0.15, -0.1) is 0 Å². The van der Waals surface area contributed by atoms with Crippen molar-refractivity contribution < 1.29 is 18.0 Å². The molecule has 0 aliphatic carbocycles. The number of amides is 1. The zero-order valence-electron chi connectivity index (χ0n) is 11.6. The van der Waals surface area contributed by atoms with Crippen LogP contribution >= 0.6 is 11.6 Å². The predicted molar refractivity (Wildman–Crippen MR) is 75.9 cm³/mol. The number of anilines is 1. The van der Waals surface area contributed by atoms with Gasteiger partial charge in [0.15, 0.2) is 0 Å². The first-order valence-electron chi connectivity index (χ1n) is 6.17. The molecule has 4 nitrogen and oxygen atoms in total. The van der Waals surface area contributed by atoms with Crippen LogP contribution < -0.4 is 5.32 Å². The van der Waals surface area contributed by atoms with Crippen LogP contribution in [0, 0.1) is 13.8 Å². The molecular weight excluding hydrogens is 319 g/mol. The van der Waals surface area contributed by atoms with E-state index in [0.717, 1.165) is 18.2 Å². The first-order chi connectivity index (χ1) is 10.2. The zero-order chi connectivity index (χ0) is 16.5. The summed E-state index contributed by atoms with van der Waals surface area (Å²) in [6.07, 6.45) is -3.21. The Kier molecular flexibility index (Phi) is 4.37. The molecule has 2 rings (SSSR count). The molecule has 1 amide bonds. The number of nitrogens with zero attached hydrogens (tertiary/aromatic N) is 2. The Bertz CT molecular complexity index is 732. The maximum absolute atomic E-state index is 12.7. The van der Waals surface area contributed by atoms with E-state index >= 15 is 0 Å². The molecular formula is C14H11ClF3N3O. The summed E-state index contributed by atoms with van der Waals surface area (Å²) in [6, 6.07) is 2.71. The van der Waals surface area contributed by atoms with Gasteiger partial charge >= 0.3 is 6.18 Å². The van der Waals surface area contributed by atoms with Gasteiger partial charge in [0.05, 0.1) is 27.5 Å². The molecule has 0 saturated carbocycles. The summed E-state index contributed by atoms with van der Waals surface area (Å²) in [7, 11) is 0. The highest BCUT2D eigenvalue weighted by Gasteiger charge is 2.31. The Morgan fingerprint density at radius 2 is 1.95 bits per heavy atom. The van der Waals surface area contributed by atoms with Crippen molar-refractivity contribution in [2.45, 2.75) is 20.0 Å². The van der Waals surface area contributed by atoms with Gasteiger partial charge in [0.25, 0.3) is 5.91 Å². The monoisotopic (exact) mass is 329 g/mol. The highest BCUT2D eigenvalue weighted by atomic mass is 35.5. The van der Waals surface area contributed by atoms with Crippen molar-refractivity contribution in [1.82, 2.24) is 9.97 Å². The van der Waals surface area contributed by atoms with E-state index in [2.05, 4.69) is 15.3 Å². The Hall–Kier alpha value is -2.15. The molecule has 1 N–H and O–H groups in total. The molecule has 1 heterocycles. The van der Waals surface area contributed by atoms with Gasteiger partial charge in [0, 0.05) is 6.20 Å². The molecule has 1 aromatic carbocycles. The van der Waals surface area contributed by atoms with Crippen LogP contribution in [0.25, 0.3) is 0 Å². The highest BCUT2D eigenvalue weighted by molar-refractivity contribution is 6.34. The lowest BCUT2D eigenvalue weighted by atomic mass is 10.1. The summed E-state index contributed by atoms with van der Waals surface area (Å²) in [5.41, 5.74) is -0.433. The SMILES string of the molecule is Cc1ncc(C(=O)Nc2cc(C(F)(F)F)ccc2Cl)c(C)n1. The molecule has 0 aliphatic heterocycles. The van der Waals surface area contributed by atoms with Crippen molar-refractivity contribution >= 4 is 23.2 Å². The summed E-state index contributed by atoms with van der Waals surface area (Å²) in [4.78, 5) is 20.1. The minimum atomic E-state index is -4.52. The van der Waals surface area contributed by atoms with Crippen molar-refractivity contribution in [3.8, 4) is 0 Å². The number of carbonyl (C=O) groups excluding carboxylic acids is 1. The molecule has 0 spiro atoms. The van der Waals surface area contributed by atoms with Crippen LogP contribution in [0.1, 0.15) is 27.4 Å². The lowest BCUT2D eigenvalue weighted by Crippen LogP contribution is -2.16. The standard InChI is InChI=1S/C14H11ClF3N3O/c1-7-10(6-19-8(2)20-7)13(22)21-12-5-9(14(16,17)18)3-4-11(12)15/h3-6H,1-2H3,(H,21,22). The Morgan fingerprint density at radius 3 is 2.55 bits per heavy atom. The van der Waals surface area contributed by atoms with Crippen LogP contribution in [0.3, 0.4) is 0 Å². The van der Waals surface area contributed by atoms with Crippen LogP contribution in [0.4, 0.5) is 18.9 Å².